The summed E-state index contributed by atoms with van der Waals surface area (Å²) in [4.78, 5) is 37.3. The molecule has 0 bridgehead atoms. The fourth-order valence-corrected chi connectivity index (χ4v) is 3.50. The lowest BCUT2D eigenvalue weighted by Crippen LogP contribution is -2.49. The summed E-state index contributed by atoms with van der Waals surface area (Å²) in [6, 6.07) is 2.85. The number of rotatable bonds is 5. The number of halogens is 1. The fourth-order valence-electron chi connectivity index (χ4n) is 2.41. The molecule has 2 heterocycles. The van der Waals surface area contributed by atoms with Crippen molar-refractivity contribution in [1.82, 2.24) is 10.2 Å². The van der Waals surface area contributed by atoms with Crippen LogP contribution in [0.4, 0.5) is 0 Å². The number of amides is 2. The van der Waals surface area contributed by atoms with Gasteiger partial charge >= 0.3 is 5.97 Å². The first kappa shape index (κ1) is 16.8. The topological polar surface area (TPSA) is 86.7 Å². The van der Waals surface area contributed by atoms with Crippen molar-refractivity contribution in [2.45, 2.75) is 31.7 Å². The Morgan fingerprint density at radius 3 is 2.82 bits per heavy atom. The van der Waals surface area contributed by atoms with Gasteiger partial charge in [0.15, 0.2) is 0 Å². The molecule has 0 radical (unpaired) electrons. The first-order chi connectivity index (χ1) is 10.5. The summed E-state index contributed by atoms with van der Waals surface area (Å²) in [5.74, 6) is -1.62. The molecule has 6 nitrogen and oxygen atoms in total. The van der Waals surface area contributed by atoms with Crippen LogP contribution >= 0.6 is 22.9 Å². The monoisotopic (exact) mass is 344 g/mol. The van der Waals surface area contributed by atoms with Gasteiger partial charge in [0.2, 0.25) is 11.8 Å². The highest BCUT2D eigenvalue weighted by atomic mass is 35.5. The van der Waals surface area contributed by atoms with E-state index in [1.165, 1.54) is 16.2 Å². The normalized spacial score (nSPS) is 18.9. The second kappa shape index (κ2) is 7.60. The molecule has 1 aliphatic heterocycles. The van der Waals surface area contributed by atoms with Crippen molar-refractivity contribution in [3.8, 4) is 0 Å². The minimum atomic E-state index is -1.05. The maximum absolute atomic E-state index is 12.3. The van der Waals surface area contributed by atoms with Crippen LogP contribution in [-0.2, 0) is 20.8 Å². The van der Waals surface area contributed by atoms with Crippen LogP contribution in [0.25, 0.3) is 0 Å². The number of nitrogens with zero attached hydrogens (tertiary/aromatic N) is 1. The molecule has 1 fully saturated rings. The molecule has 8 heteroatoms. The second-order valence-corrected chi connectivity index (χ2v) is 6.95. The van der Waals surface area contributed by atoms with E-state index in [9.17, 15) is 14.4 Å². The molecule has 1 aromatic rings. The first-order valence-electron chi connectivity index (χ1n) is 7.00. The van der Waals surface area contributed by atoms with Gasteiger partial charge in [-0.25, -0.2) is 0 Å². The molecule has 0 aromatic carbocycles. The molecule has 0 spiro atoms. The molecule has 1 atom stereocenters. The summed E-state index contributed by atoms with van der Waals surface area (Å²) in [5.41, 5.74) is 0. The van der Waals surface area contributed by atoms with Crippen LogP contribution in [0, 0.1) is 0 Å². The number of carbonyl (C=O) groups is 3. The second-order valence-electron chi connectivity index (χ2n) is 5.15. The van der Waals surface area contributed by atoms with Crippen LogP contribution in [-0.4, -0.2) is 46.9 Å². The van der Waals surface area contributed by atoms with Gasteiger partial charge in [0.25, 0.3) is 0 Å². The van der Waals surface area contributed by atoms with Crippen molar-refractivity contribution in [2.24, 2.45) is 0 Å². The Bertz CT molecular complexity index is 575. The number of thiophene rings is 1. The molecule has 0 saturated carbocycles. The predicted octanol–water partition coefficient (Wildman–Crippen LogP) is 1.53. The van der Waals surface area contributed by atoms with Crippen molar-refractivity contribution in [1.29, 1.82) is 0 Å². The summed E-state index contributed by atoms with van der Waals surface area (Å²) >= 11 is 7.14. The molecule has 2 amide bonds. The standard InChI is InChI=1S/C14H17ClN2O4S/c15-11-5-4-9(22-11)7-12(18)16-10-3-1-2-6-17(14(10)21)8-13(19)20/h4-5,10H,1-3,6-8H2,(H,16,18)(H,19,20). The Morgan fingerprint density at radius 2 is 2.18 bits per heavy atom. The van der Waals surface area contributed by atoms with Gasteiger partial charge < -0.3 is 15.3 Å². The molecule has 22 heavy (non-hydrogen) atoms. The van der Waals surface area contributed by atoms with E-state index >= 15 is 0 Å². The van der Waals surface area contributed by atoms with Gasteiger partial charge in [0.1, 0.15) is 12.6 Å². The number of nitrogens with one attached hydrogen (secondary N) is 1. The number of carboxylic acids is 1. The average Bonchev–Trinajstić information content (AvgIpc) is 2.77. The van der Waals surface area contributed by atoms with E-state index in [2.05, 4.69) is 5.32 Å². The molecule has 2 N–H and O–H groups in total. The molecule has 120 valence electrons. The van der Waals surface area contributed by atoms with E-state index < -0.39 is 12.0 Å². The number of hydrogen-bond acceptors (Lipinski definition) is 4. The van der Waals surface area contributed by atoms with Crippen LogP contribution in [0.2, 0.25) is 4.34 Å². The maximum atomic E-state index is 12.3. The van der Waals surface area contributed by atoms with Crippen molar-refractivity contribution in [3.63, 3.8) is 0 Å². The van der Waals surface area contributed by atoms with Crippen molar-refractivity contribution in [2.75, 3.05) is 13.1 Å². The Kier molecular flexibility index (Phi) is 5.79. The number of carboxylic acid groups (broad SMARTS) is 1. The quantitative estimate of drug-likeness (QED) is 0.848. The third-order valence-corrected chi connectivity index (χ3v) is 4.64. The van der Waals surface area contributed by atoms with Crippen LogP contribution in [0.15, 0.2) is 12.1 Å². The lowest BCUT2D eigenvalue weighted by atomic mass is 10.1. The Morgan fingerprint density at radius 1 is 1.41 bits per heavy atom. The Labute approximate surface area is 137 Å². The van der Waals surface area contributed by atoms with Gasteiger partial charge in [-0.2, -0.15) is 0 Å². The van der Waals surface area contributed by atoms with E-state index in [1.807, 2.05) is 0 Å². The highest BCUT2D eigenvalue weighted by Crippen LogP contribution is 2.22. The average molecular weight is 345 g/mol. The van der Waals surface area contributed by atoms with Gasteiger partial charge in [-0.15, -0.1) is 11.3 Å². The summed E-state index contributed by atoms with van der Waals surface area (Å²) in [6.07, 6.45) is 2.22. The summed E-state index contributed by atoms with van der Waals surface area (Å²) < 4.78 is 0.612. The van der Waals surface area contributed by atoms with Crippen molar-refractivity contribution in [3.05, 3.63) is 21.3 Å². The van der Waals surface area contributed by atoms with Gasteiger partial charge in [0.05, 0.1) is 10.8 Å². The number of carbonyl (C=O) groups excluding carboxylic acids is 2. The molecule has 1 saturated heterocycles. The van der Waals surface area contributed by atoms with Crippen LogP contribution < -0.4 is 5.32 Å². The molecular weight excluding hydrogens is 328 g/mol. The largest absolute Gasteiger partial charge is 0.480 e. The third-order valence-electron chi connectivity index (χ3n) is 3.41. The minimum Gasteiger partial charge on any atom is -0.480 e. The molecular formula is C14H17ClN2O4S. The fraction of sp³-hybridized carbons (Fsp3) is 0.500. The third kappa shape index (κ3) is 4.71. The number of hydrogen-bond donors (Lipinski definition) is 2. The molecule has 1 aromatic heterocycles. The summed E-state index contributed by atoms with van der Waals surface area (Å²) in [6.45, 7) is 0.0871. The van der Waals surface area contributed by atoms with Gasteiger partial charge in [-0.3, -0.25) is 14.4 Å². The van der Waals surface area contributed by atoms with Crippen LogP contribution in [0.5, 0.6) is 0 Å². The van der Waals surface area contributed by atoms with Crippen molar-refractivity contribution < 1.29 is 19.5 Å². The Hall–Kier alpha value is -1.60. The van der Waals surface area contributed by atoms with E-state index in [0.29, 0.717) is 17.3 Å². The number of likely N-dealkylation sites (tertiary alicyclic amines) is 1. The Balaban J connectivity index is 1.95. The molecule has 1 unspecified atom stereocenters. The summed E-state index contributed by atoms with van der Waals surface area (Å²) in [5, 5.41) is 11.6. The van der Waals surface area contributed by atoms with E-state index in [0.717, 1.165) is 17.7 Å². The first-order valence-corrected chi connectivity index (χ1v) is 8.19. The number of aliphatic carboxylic acids is 1. The SMILES string of the molecule is O=C(O)CN1CCCCC(NC(=O)Cc2ccc(Cl)s2)C1=O. The molecule has 2 rings (SSSR count). The van der Waals surface area contributed by atoms with Gasteiger partial charge in [-0.1, -0.05) is 11.6 Å². The van der Waals surface area contributed by atoms with Crippen LogP contribution in [0.1, 0.15) is 24.1 Å². The van der Waals surface area contributed by atoms with Gasteiger partial charge in [0, 0.05) is 11.4 Å². The van der Waals surface area contributed by atoms with E-state index in [-0.39, 0.29) is 24.8 Å². The summed E-state index contributed by atoms with van der Waals surface area (Å²) in [7, 11) is 0. The zero-order chi connectivity index (χ0) is 16.1. The minimum absolute atomic E-state index is 0.167. The van der Waals surface area contributed by atoms with Crippen LogP contribution in [0.3, 0.4) is 0 Å². The lowest BCUT2D eigenvalue weighted by molar-refractivity contribution is -0.145. The molecule has 0 aliphatic carbocycles. The highest BCUT2D eigenvalue weighted by molar-refractivity contribution is 7.16. The van der Waals surface area contributed by atoms with E-state index in [1.54, 1.807) is 12.1 Å². The zero-order valence-corrected chi connectivity index (χ0v) is 13.5. The predicted molar refractivity (Wildman–Crippen MR) is 83.0 cm³/mol. The maximum Gasteiger partial charge on any atom is 0.323 e. The van der Waals surface area contributed by atoms with E-state index in [4.69, 9.17) is 16.7 Å². The lowest BCUT2D eigenvalue weighted by Gasteiger charge is -2.23. The zero-order valence-electron chi connectivity index (χ0n) is 11.9. The smallest absolute Gasteiger partial charge is 0.323 e. The highest BCUT2D eigenvalue weighted by Gasteiger charge is 2.29. The van der Waals surface area contributed by atoms with Crippen molar-refractivity contribution >= 4 is 40.7 Å². The van der Waals surface area contributed by atoms with Gasteiger partial charge in [-0.05, 0) is 31.4 Å². The molecule has 1 aliphatic rings.